The lowest BCUT2D eigenvalue weighted by Crippen LogP contribution is -2.44. The van der Waals surface area contributed by atoms with Gasteiger partial charge in [-0.05, 0) is 19.4 Å². The molecule has 0 bridgehead atoms. The molecule has 1 atom stereocenters. The number of rotatable bonds is 6. The first-order valence-electron chi connectivity index (χ1n) is 5.58. The molecule has 0 fully saturated rings. The molecule has 0 aliphatic carbocycles. The first kappa shape index (κ1) is 13.9. The molecule has 1 aromatic carbocycles. The average molecular weight is 249 g/mol. The summed E-state index contributed by atoms with van der Waals surface area (Å²) in [4.78, 5) is 34.2. The molecule has 0 saturated heterocycles. The van der Waals surface area contributed by atoms with Crippen LogP contribution < -0.4 is 5.32 Å². The Bertz CT molecular complexity index is 456. The third-order valence-corrected chi connectivity index (χ3v) is 2.43. The molecule has 1 amide bonds. The van der Waals surface area contributed by atoms with Gasteiger partial charge in [0.15, 0.2) is 11.8 Å². The minimum atomic E-state index is -1.29. The highest BCUT2D eigenvalue weighted by Gasteiger charge is 2.29. The molecular formula is C13H15NO4. The van der Waals surface area contributed by atoms with Gasteiger partial charge in [-0.3, -0.25) is 9.59 Å². The summed E-state index contributed by atoms with van der Waals surface area (Å²) in [7, 11) is 0. The fourth-order valence-electron chi connectivity index (χ4n) is 1.55. The highest BCUT2D eigenvalue weighted by Crippen LogP contribution is 2.10. The van der Waals surface area contributed by atoms with Gasteiger partial charge in [-0.25, -0.2) is 4.79 Å². The van der Waals surface area contributed by atoms with Crippen molar-refractivity contribution in [2.75, 3.05) is 6.61 Å². The van der Waals surface area contributed by atoms with Crippen molar-refractivity contribution in [2.24, 2.45) is 0 Å². The van der Waals surface area contributed by atoms with Crippen LogP contribution >= 0.6 is 0 Å². The first-order valence-corrected chi connectivity index (χ1v) is 5.58. The number of amides is 1. The quantitative estimate of drug-likeness (QED) is 0.351. The zero-order valence-corrected chi connectivity index (χ0v) is 10.3. The molecule has 0 aliphatic rings. The Balaban J connectivity index is 2.99. The topological polar surface area (TPSA) is 72.5 Å². The fourth-order valence-corrected chi connectivity index (χ4v) is 1.55. The number of carbonyl (C=O) groups is 3. The summed E-state index contributed by atoms with van der Waals surface area (Å²) in [6.07, 6.45) is 0.317. The second kappa shape index (κ2) is 6.54. The van der Waals surface area contributed by atoms with Gasteiger partial charge in [-0.2, -0.15) is 0 Å². The summed E-state index contributed by atoms with van der Waals surface area (Å²) in [5.41, 5.74) is 1.13. The number of Topliss-reactive ketones (excluding diaryl/α,β-unsaturated/α-hetero) is 1. The van der Waals surface area contributed by atoms with E-state index in [0.29, 0.717) is 12.0 Å². The molecule has 5 heteroatoms. The normalized spacial score (nSPS) is 11.4. The van der Waals surface area contributed by atoms with E-state index in [4.69, 9.17) is 4.74 Å². The Morgan fingerprint density at radius 1 is 1.39 bits per heavy atom. The molecular weight excluding hydrogens is 234 g/mol. The second-order valence-corrected chi connectivity index (χ2v) is 3.65. The number of hydrogen-bond acceptors (Lipinski definition) is 4. The van der Waals surface area contributed by atoms with Gasteiger partial charge in [0.05, 0.1) is 6.61 Å². The monoisotopic (exact) mass is 249 g/mol. The van der Waals surface area contributed by atoms with E-state index in [-0.39, 0.29) is 6.61 Å². The van der Waals surface area contributed by atoms with E-state index in [2.05, 4.69) is 5.32 Å². The zero-order chi connectivity index (χ0) is 13.5. The van der Waals surface area contributed by atoms with Gasteiger partial charge in [0.2, 0.25) is 6.41 Å². The van der Waals surface area contributed by atoms with Gasteiger partial charge < -0.3 is 10.1 Å². The van der Waals surface area contributed by atoms with Gasteiger partial charge in [0.1, 0.15) is 0 Å². The minimum absolute atomic E-state index is 0.150. The molecule has 1 aromatic rings. The number of ketones is 1. The van der Waals surface area contributed by atoms with Gasteiger partial charge >= 0.3 is 5.97 Å². The molecule has 5 nitrogen and oxygen atoms in total. The third-order valence-electron chi connectivity index (χ3n) is 2.43. The van der Waals surface area contributed by atoms with Crippen LogP contribution in [0.25, 0.3) is 0 Å². The average Bonchev–Trinajstić information content (AvgIpc) is 2.36. The molecule has 1 N–H and O–H groups in total. The SMILES string of the molecule is CCOC(=O)C(NC=O)C(=O)c1ccccc1C. The number of esters is 1. The van der Waals surface area contributed by atoms with Crippen molar-refractivity contribution in [2.45, 2.75) is 19.9 Å². The van der Waals surface area contributed by atoms with Crippen LogP contribution in [0.4, 0.5) is 0 Å². The number of nitrogens with one attached hydrogen (secondary N) is 1. The lowest BCUT2D eigenvalue weighted by Gasteiger charge is -2.14. The summed E-state index contributed by atoms with van der Waals surface area (Å²) < 4.78 is 4.76. The van der Waals surface area contributed by atoms with Gasteiger partial charge in [-0.15, -0.1) is 0 Å². The van der Waals surface area contributed by atoms with Crippen molar-refractivity contribution in [3.63, 3.8) is 0 Å². The van der Waals surface area contributed by atoms with Crippen LogP contribution in [-0.2, 0) is 14.3 Å². The maximum atomic E-state index is 12.1. The maximum Gasteiger partial charge on any atom is 0.336 e. The Kier molecular flexibility index (Phi) is 5.05. The summed E-state index contributed by atoms with van der Waals surface area (Å²) in [5, 5.41) is 2.19. The van der Waals surface area contributed by atoms with Crippen LogP contribution in [0.5, 0.6) is 0 Å². The van der Waals surface area contributed by atoms with E-state index in [9.17, 15) is 14.4 Å². The Hall–Kier alpha value is -2.17. The van der Waals surface area contributed by atoms with Crippen molar-refractivity contribution in [3.8, 4) is 0 Å². The number of aryl methyl sites for hydroxylation is 1. The summed E-state index contributed by atoms with van der Waals surface area (Å²) in [6, 6.07) is 5.57. The molecule has 1 rings (SSSR count). The van der Waals surface area contributed by atoms with E-state index >= 15 is 0 Å². The number of benzene rings is 1. The van der Waals surface area contributed by atoms with Crippen molar-refractivity contribution in [1.82, 2.24) is 5.32 Å². The summed E-state index contributed by atoms with van der Waals surface area (Å²) in [6.45, 7) is 3.54. The van der Waals surface area contributed by atoms with Crippen LogP contribution in [0.15, 0.2) is 24.3 Å². The van der Waals surface area contributed by atoms with Gasteiger partial charge in [-0.1, -0.05) is 24.3 Å². The van der Waals surface area contributed by atoms with Crippen LogP contribution in [0, 0.1) is 6.92 Å². The summed E-state index contributed by atoms with van der Waals surface area (Å²) in [5.74, 6) is -1.23. The van der Waals surface area contributed by atoms with E-state index in [0.717, 1.165) is 5.56 Å². The van der Waals surface area contributed by atoms with Crippen LogP contribution in [0.2, 0.25) is 0 Å². The Morgan fingerprint density at radius 2 is 2.06 bits per heavy atom. The smallest absolute Gasteiger partial charge is 0.336 e. The predicted octanol–water partition coefficient (Wildman–Crippen LogP) is 0.855. The third kappa shape index (κ3) is 3.16. The van der Waals surface area contributed by atoms with Crippen molar-refractivity contribution in [3.05, 3.63) is 35.4 Å². The number of carbonyl (C=O) groups excluding carboxylic acids is 3. The standard InChI is InChI=1S/C13H15NO4/c1-3-18-13(17)11(14-8-15)12(16)10-7-5-4-6-9(10)2/h4-8,11H,3H2,1-2H3,(H,14,15). The highest BCUT2D eigenvalue weighted by molar-refractivity contribution is 6.13. The number of ether oxygens (including phenoxy) is 1. The molecule has 0 heterocycles. The maximum absolute atomic E-state index is 12.1. The highest BCUT2D eigenvalue weighted by atomic mass is 16.5. The molecule has 0 aromatic heterocycles. The molecule has 0 aliphatic heterocycles. The van der Waals surface area contributed by atoms with E-state index in [1.807, 2.05) is 0 Å². The zero-order valence-electron chi connectivity index (χ0n) is 10.3. The molecule has 0 radical (unpaired) electrons. The van der Waals surface area contributed by atoms with Gasteiger partial charge in [0.25, 0.3) is 0 Å². The van der Waals surface area contributed by atoms with Crippen molar-refractivity contribution >= 4 is 18.2 Å². The fraction of sp³-hybridized carbons (Fsp3) is 0.308. The largest absolute Gasteiger partial charge is 0.464 e. The Labute approximate surface area is 105 Å². The number of hydrogen-bond donors (Lipinski definition) is 1. The second-order valence-electron chi connectivity index (χ2n) is 3.65. The van der Waals surface area contributed by atoms with E-state index in [1.54, 1.807) is 38.1 Å². The van der Waals surface area contributed by atoms with E-state index < -0.39 is 17.8 Å². The van der Waals surface area contributed by atoms with E-state index in [1.165, 1.54) is 0 Å². The Morgan fingerprint density at radius 3 is 2.61 bits per heavy atom. The molecule has 96 valence electrons. The lowest BCUT2D eigenvalue weighted by molar-refractivity contribution is -0.145. The molecule has 0 spiro atoms. The lowest BCUT2D eigenvalue weighted by atomic mass is 10.00. The summed E-state index contributed by atoms with van der Waals surface area (Å²) >= 11 is 0. The van der Waals surface area contributed by atoms with Crippen LogP contribution in [0.1, 0.15) is 22.8 Å². The molecule has 18 heavy (non-hydrogen) atoms. The van der Waals surface area contributed by atoms with Crippen molar-refractivity contribution < 1.29 is 19.1 Å². The van der Waals surface area contributed by atoms with Crippen LogP contribution in [0.3, 0.4) is 0 Å². The first-order chi connectivity index (χ1) is 8.61. The van der Waals surface area contributed by atoms with Crippen molar-refractivity contribution in [1.29, 1.82) is 0 Å². The predicted molar refractivity (Wildman–Crippen MR) is 65.1 cm³/mol. The molecule has 1 unspecified atom stereocenters. The van der Waals surface area contributed by atoms with Crippen LogP contribution in [-0.4, -0.2) is 30.8 Å². The van der Waals surface area contributed by atoms with Gasteiger partial charge in [0, 0.05) is 5.56 Å². The molecule has 0 saturated carbocycles. The minimum Gasteiger partial charge on any atom is -0.464 e.